The molecule has 0 spiro atoms. The van der Waals surface area contributed by atoms with Gasteiger partial charge in [0.15, 0.2) is 0 Å². The lowest BCUT2D eigenvalue weighted by Gasteiger charge is -2.13. The van der Waals surface area contributed by atoms with Gasteiger partial charge in [0.05, 0.1) is 21.3 Å². The number of benzene rings is 2. The average molecular weight is 436 g/mol. The summed E-state index contributed by atoms with van der Waals surface area (Å²) in [4.78, 5) is 17.3. The van der Waals surface area contributed by atoms with Crippen LogP contribution in [-0.4, -0.2) is 19.3 Å². The van der Waals surface area contributed by atoms with E-state index < -0.39 is 10.0 Å². The Morgan fingerprint density at radius 1 is 1.07 bits per heavy atom. The number of anilines is 2. The van der Waals surface area contributed by atoms with Gasteiger partial charge in [-0.3, -0.25) is 9.52 Å². The van der Waals surface area contributed by atoms with Crippen molar-refractivity contribution in [1.82, 2.24) is 4.98 Å². The van der Waals surface area contributed by atoms with Crippen molar-refractivity contribution in [3.63, 3.8) is 0 Å². The number of aromatic nitrogens is 1. The molecular weight excluding hydrogens is 418 g/mol. The number of nitrogens with one attached hydrogen (secondary N) is 2. The maximum absolute atomic E-state index is 12.8. The molecule has 0 aliphatic rings. The second kappa shape index (κ2) is 7.90. The molecule has 0 saturated carbocycles. The molecule has 0 fully saturated rings. The minimum Gasteiger partial charge on any atom is -0.321 e. The van der Waals surface area contributed by atoms with Crippen LogP contribution in [0.25, 0.3) is 0 Å². The molecule has 2 aromatic carbocycles. The van der Waals surface area contributed by atoms with Gasteiger partial charge in [0, 0.05) is 10.7 Å². The number of halogens is 1. The van der Waals surface area contributed by atoms with Crippen molar-refractivity contribution in [3.05, 3.63) is 68.6 Å². The third-order valence-electron chi connectivity index (χ3n) is 3.92. The number of rotatable bonds is 5. The molecule has 6 nitrogen and oxygen atoms in total. The van der Waals surface area contributed by atoms with Gasteiger partial charge in [-0.15, -0.1) is 11.3 Å². The van der Waals surface area contributed by atoms with Crippen molar-refractivity contribution in [2.75, 3.05) is 10.0 Å². The van der Waals surface area contributed by atoms with Crippen molar-refractivity contribution in [2.24, 2.45) is 0 Å². The molecule has 0 bridgehead atoms. The minimum atomic E-state index is -3.86. The number of amides is 1. The van der Waals surface area contributed by atoms with E-state index in [2.05, 4.69) is 15.0 Å². The molecule has 0 radical (unpaired) electrons. The van der Waals surface area contributed by atoms with Gasteiger partial charge in [-0.25, -0.2) is 13.4 Å². The lowest BCUT2D eigenvalue weighted by atomic mass is 10.2. The highest BCUT2D eigenvalue weighted by Gasteiger charge is 2.19. The fourth-order valence-corrected chi connectivity index (χ4v) is 4.99. The van der Waals surface area contributed by atoms with Crippen LogP contribution in [0.3, 0.4) is 0 Å². The summed E-state index contributed by atoms with van der Waals surface area (Å²) in [6.07, 6.45) is 0. The van der Waals surface area contributed by atoms with Gasteiger partial charge >= 0.3 is 0 Å². The molecule has 1 aromatic heterocycles. The zero-order valence-electron chi connectivity index (χ0n) is 15.4. The van der Waals surface area contributed by atoms with Crippen molar-refractivity contribution < 1.29 is 13.2 Å². The van der Waals surface area contributed by atoms with Crippen LogP contribution in [-0.2, 0) is 10.0 Å². The molecule has 0 aliphatic heterocycles. The van der Waals surface area contributed by atoms with Gasteiger partial charge in [0.25, 0.3) is 15.9 Å². The van der Waals surface area contributed by atoms with Crippen molar-refractivity contribution in [3.8, 4) is 0 Å². The fraction of sp³-hybridized carbons (Fsp3) is 0.158. The van der Waals surface area contributed by atoms with Crippen LogP contribution >= 0.6 is 22.9 Å². The highest BCUT2D eigenvalue weighted by atomic mass is 35.5. The number of hydrogen-bond acceptors (Lipinski definition) is 5. The number of hydrogen-bond donors (Lipinski definition) is 2. The number of aryl methyl sites for hydroxylation is 3. The molecule has 28 heavy (non-hydrogen) atoms. The molecule has 0 atom stereocenters. The summed E-state index contributed by atoms with van der Waals surface area (Å²) in [7, 11) is -3.86. The van der Waals surface area contributed by atoms with E-state index in [0.29, 0.717) is 32.5 Å². The topological polar surface area (TPSA) is 88.2 Å². The summed E-state index contributed by atoms with van der Waals surface area (Å²) >= 11 is 7.21. The summed E-state index contributed by atoms with van der Waals surface area (Å²) in [6.45, 7) is 5.28. The lowest BCUT2D eigenvalue weighted by molar-refractivity contribution is 0.102. The van der Waals surface area contributed by atoms with Crippen molar-refractivity contribution in [1.29, 1.82) is 0 Å². The van der Waals surface area contributed by atoms with Crippen molar-refractivity contribution >= 4 is 50.2 Å². The molecule has 3 rings (SSSR count). The third kappa shape index (κ3) is 4.52. The predicted molar refractivity (Wildman–Crippen MR) is 113 cm³/mol. The Balaban J connectivity index is 1.88. The van der Waals surface area contributed by atoms with Crippen LogP contribution in [0.1, 0.15) is 25.9 Å². The molecule has 0 unspecified atom stereocenters. The summed E-state index contributed by atoms with van der Waals surface area (Å²) in [5.41, 5.74) is 1.93. The normalized spacial score (nSPS) is 11.3. The van der Waals surface area contributed by atoms with Gasteiger partial charge in [-0.2, -0.15) is 0 Å². The van der Waals surface area contributed by atoms with Crippen molar-refractivity contribution in [2.45, 2.75) is 25.7 Å². The first-order valence-corrected chi connectivity index (χ1v) is 11.0. The third-order valence-corrected chi connectivity index (χ3v) is 6.75. The summed E-state index contributed by atoms with van der Waals surface area (Å²) in [6, 6.07) is 11.2. The molecule has 1 amide bonds. The minimum absolute atomic E-state index is 0.0717. The van der Waals surface area contributed by atoms with Gasteiger partial charge in [0.1, 0.15) is 4.88 Å². The van der Waals surface area contributed by atoms with E-state index in [4.69, 9.17) is 11.6 Å². The Kier molecular flexibility index (Phi) is 5.74. The molecule has 0 aliphatic carbocycles. The second-order valence-electron chi connectivity index (χ2n) is 6.20. The molecular formula is C19H18ClN3O3S2. The zero-order chi connectivity index (χ0) is 20.5. The van der Waals surface area contributed by atoms with Crippen LogP contribution in [0.2, 0.25) is 5.02 Å². The maximum atomic E-state index is 12.8. The van der Waals surface area contributed by atoms with Gasteiger partial charge in [-0.1, -0.05) is 23.7 Å². The molecule has 2 N–H and O–H groups in total. The fourth-order valence-electron chi connectivity index (χ4n) is 2.66. The smallest absolute Gasteiger partial charge is 0.267 e. The van der Waals surface area contributed by atoms with Crippen LogP contribution in [0.5, 0.6) is 0 Å². The monoisotopic (exact) mass is 435 g/mol. The first-order chi connectivity index (χ1) is 13.2. The molecule has 0 saturated heterocycles. The van der Waals surface area contributed by atoms with E-state index >= 15 is 0 Å². The van der Waals surface area contributed by atoms with Crippen LogP contribution in [0.15, 0.2) is 47.4 Å². The quantitative estimate of drug-likeness (QED) is 0.603. The molecule has 3 aromatic rings. The number of carbonyl (C=O) groups is 1. The number of carbonyl (C=O) groups excluding carboxylic acids is 1. The van der Waals surface area contributed by atoms with E-state index in [1.165, 1.54) is 23.5 Å². The number of thiazole rings is 1. The Hall–Kier alpha value is -2.42. The second-order valence-corrected chi connectivity index (χ2v) is 9.49. The highest BCUT2D eigenvalue weighted by molar-refractivity contribution is 7.92. The number of sulfonamides is 1. The van der Waals surface area contributed by atoms with E-state index in [1.807, 2.05) is 6.92 Å². The Bertz CT molecular complexity index is 1160. The van der Waals surface area contributed by atoms with E-state index in [9.17, 15) is 13.2 Å². The molecule has 1 heterocycles. The summed E-state index contributed by atoms with van der Waals surface area (Å²) in [5, 5.41) is 3.96. The van der Waals surface area contributed by atoms with E-state index in [0.717, 1.165) is 5.01 Å². The number of nitrogens with zero attached hydrogens (tertiary/aromatic N) is 1. The maximum Gasteiger partial charge on any atom is 0.267 e. The van der Waals surface area contributed by atoms with Crippen LogP contribution in [0, 0.1) is 20.8 Å². The van der Waals surface area contributed by atoms with Gasteiger partial charge in [0.2, 0.25) is 0 Å². The first kappa shape index (κ1) is 20.3. The predicted octanol–water partition coefficient (Wildman–Crippen LogP) is 4.77. The Labute approximate surface area is 172 Å². The van der Waals surface area contributed by atoms with Gasteiger partial charge in [-0.05, 0) is 56.7 Å². The standard InChI is InChI=1S/C19H18ClN3O3S2/c1-11-7-8-15(22-19(24)18-12(2)21-13(3)27-18)10-17(11)28(25,26)23-16-6-4-5-14(20)9-16/h4-10,23H,1-3H3,(H,22,24). The average Bonchev–Trinajstić information content (AvgIpc) is 2.94. The Morgan fingerprint density at radius 3 is 2.46 bits per heavy atom. The van der Waals surface area contributed by atoms with E-state index in [1.54, 1.807) is 44.2 Å². The highest BCUT2D eigenvalue weighted by Crippen LogP contribution is 2.25. The SMILES string of the molecule is Cc1nc(C)c(C(=O)Nc2ccc(C)c(S(=O)(=O)Nc3cccc(Cl)c3)c2)s1. The molecule has 9 heteroatoms. The van der Waals surface area contributed by atoms with Gasteiger partial charge < -0.3 is 5.32 Å². The zero-order valence-corrected chi connectivity index (χ0v) is 17.8. The largest absolute Gasteiger partial charge is 0.321 e. The van der Waals surface area contributed by atoms with E-state index in [-0.39, 0.29) is 10.8 Å². The van der Waals surface area contributed by atoms with Crippen LogP contribution < -0.4 is 10.0 Å². The molecule has 146 valence electrons. The summed E-state index contributed by atoms with van der Waals surface area (Å²) in [5.74, 6) is -0.321. The lowest BCUT2D eigenvalue weighted by Crippen LogP contribution is -2.16. The first-order valence-electron chi connectivity index (χ1n) is 8.30. The summed E-state index contributed by atoms with van der Waals surface area (Å²) < 4.78 is 28.2. The Morgan fingerprint density at radius 2 is 1.82 bits per heavy atom. The van der Waals surface area contributed by atoms with Crippen LogP contribution in [0.4, 0.5) is 11.4 Å².